The van der Waals surface area contributed by atoms with Crippen molar-refractivity contribution in [2.75, 3.05) is 7.11 Å². The van der Waals surface area contributed by atoms with Gasteiger partial charge >= 0.3 is 0 Å². The number of ether oxygens (including phenoxy) is 1. The zero-order valence-electron chi connectivity index (χ0n) is 23.8. The second kappa shape index (κ2) is 9.91. The predicted octanol–water partition coefficient (Wildman–Crippen LogP) is 9.30. The van der Waals surface area contributed by atoms with Gasteiger partial charge in [-0.25, -0.2) is 0 Å². The van der Waals surface area contributed by atoms with Gasteiger partial charge in [0.05, 0.1) is 52.1 Å². The highest BCUT2D eigenvalue weighted by atomic mass is 16.5. The second-order valence-corrected chi connectivity index (χ2v) is 10.8. The van der Waals surface area contributed by atoms with Crippen LogP contribution in [0.4, 0.5) is 0 Å². The minimum atomic E-state index is 0.544. The highest BCUT2D eigenvalue weighted by Gasteiger charge is 2.21. The van der Waals surface area contributed by atoms with Crippen molar-refractivity contribution in [2.45, 2.75) is 0 Å². The standard InChI is InChI=1S/C39H24N4O/c1-44-38-22-27(42-34-14-5-2-10-28(34)29-11-3-6-15-35(29)42)18-19-31(38)32-13-8-9-26(24-41)39(32)43-36-16-7-4-12-30(36)33-21-25(23-40)17-20-37(33)43/h2-22H,1H3. The molecular weight excluding hydrogens is 540 g/mol. The third-order valence-electron chi connectivity index (χ3n) is 8.50. The molecular formula is C39H24N4O. The Kier molecular flexibility index (Phi) is 5.72. The first-order chi connectivity index (χ1) is 21.7. The van der Waals surface area contributed by atoms with E-state index in [2.05, 4.69) is 100 Å². The van der Waals surface area contributed by atoms with E-state index >= 15 is 0 Å². The molecule has 0 fully saturated rings. The third-order valence-corrected chi connectivity index (χ3v) is 8.50. The molecule has 0 saturated heterocycles. The first-order valence-corrected chi connectivity index (χ1v) is 14.4. The fourth-order valence-electron chi connectivity index (χ4n) is 6.62. The van der Waals surface area contributed by atoms with Crippen LogP contribution in [0.5, 0.6) is 5.75 Å². The highest BCUT2D eigenvalue weighted by molar-refractivity contribution is 6.11. The Morgan fingerprint density at radius 3 is 1.77 bits per heavy atom. The number of nitrogens with zero attached hydrogens (tertiary/aromatic N) is 4. The van der Waals surface area contributed by atoms with Crippen molar-refractivity contribution in [3.63, 3.8) is 0 Å². The van der Waals surface area contributed by atoms with E-state index in [0.717, 1.165) is 55.3 Å². The SMILES string of the molecule is COc1cc(-n2c3ccccc3c3ccccc32)ccc1-c1cccc(C#N)c1-n1c2ccccc2c2cc(C#N)ccc21. The van der Waals surface area contributed by atoms with Gasteiger partial charge in [-0.15, -0.1) is 0 Å². The molecule has 0 saturated carbocycles. The summed E-state index contributed by atoms with van der Waals surface area (Å²) in [7, 11) is 1.69. The maximum Gasteiger partial charge on any atom is 0.128 e. The van der Waals surface area contributed by atoms with E-state index in [0.29, 0.717) is 16.9 Å². The molecule has 0 atom stereocenters. The van der Waals surface area contributed by atoms with Crippen LogP contribution in [0.25, 0.3) is 66.1 Å². The number of aromatic nitrogens is 2. The van der Waals surface area contributed by atoms with E-state index in [-0.39, 0.29) is 0 Å². The topological polar surface area (TPSA) is 66.7 Å². The largest absolute Gasteiger partial charge is 0.496 e. The molecule has 2 heterocycles. The van der Waals surface area contributed by atoms with Crippen LogP contribution in [0, 0.1) is 22.7 Å². The Morgan fingerprint density at radius 2 is 1.14 bits per heavy atom. The van der Waals surface area contributed by atoms with Crippen molar-refractivity contribution < 1.29 is 4.74 Å². The molecule has 6 aromatic carbocycles. The summed E-state index contributed by atoms with van der Waals surface area (Å²) in [6.07, 6.45) is 0. The summed E-state index contributed by atoms with van der Waals surface area (Å²) >= 11 is 0. The van der Waals surface area contributed by atoms with Crippen molar-refractivity contribution in [1.29, 1.82) is 10.5 Å². The van der Waals surface area contributed by atoms with E-state index in [9.17, 15) is 10.5 Å². The molecule has 0 aliphatic rings. The van der Waals surface area contributed by atoms with Crippen LogP contribution < -0.4 is 4.74 Å². The fourth-order valence-corrected chi connectivity index (χ4v) is 6.62. The Morgan fingerprint density at radius 1 is 0.523 bits per heavy atom. The maximum absolute atomic E-state index is 10.4. The van der Waals surface area contributed by atoms with Crippen molar-refractivity contribution in [3.05, 3.63) is 139 Å². The normalized spacial score (nSPS) is 11.2. The van der Waals surface area contributed by atoms with Gasteiger partial charge < -0.3 is 13.9 Å². The number of hydrogen-bond acceptors (Lipinski definition) is 3. The molecule has 44 heavy (non-hydrogen) atoms. The molecule has 0 bridgehead atoms. The van der Waals surface area contributed by atoms with E-state index < -0.39 is 0 Å². The number of hydrogen-bond donors (Lipinski definition) is 0. The lowest BCUT2D eigenvalue weighted by Gasteiger charge is -2.18. The molecule has 0 aliphatic heterocycles. The summed E-state index contributed by atoms with van der Waals surface area (Å²) in [5.41, 5.74) is 8.79. The van der Waals surface area contributed by atoms with Crippen molar-refractivity contribution >= 4 is 43.6 Å². The molecule has 5 heteroatoms. The van der Waals surface area contributed by atoms with Crippen LogP contribution in [0.2, 0.25) is 0 Å². The first kappa shape index (κ1) is 25.4. The van der Waals surface area contributed by atoms with Crippen LogP contribution in [0.3, 0.4) is 0 Å². The lowest BCUT2D eigenvalue weighted by atomic mass is 9.98. The maximum atomic E-state index is 10.4. The number of methoxy groups -OCH3 is 1. The number of fused-ring (bicyclic) bond motifs is 6. The van der Waals surface area contributed by atoms with E-state index in [1.807, 2.05) is 48.5 Å². The number of nitriles is 2. The summed E-state index contributed by atoms with van der Waals surface area (Å²) in [6, 6.07) is 47.5. The van der Waals surface area contributed by atoms with Gasteiger partial charge in [-0.1, -0.05) is 66.7 Å². The summed E-state index contributed by atoms with van der Waals surface area (Å²) < 4.78 is 10.5. The lowest BCUT2D eigenvalue weighted by molar-refractivity contribution is 0.416. The Bertz CT molecular complexity index is 2470. The molecule has 8 aromatic rings. The molecule has 0 aliphatic carbocycles. The second-order valence-electron chi connectivity index (χ2n) is 10.8. The van der Waals surface area contributed by atoms with E-state index in [4.69, 9.17) is 4.74 Å². The van der Waals surface area contributed by atoms with Gasteiger partial charge in [0.15, 0.2) is 0 Å². The molecule has 2 aromatic heterocycles. The van der Waals surface area contributed by atoms with E-state index in [1.54, 1.807) is 7.11 Å². The molecule has 0 amide bonds. The van der Waals surface area contributed by atoms with Gasteiger partial charge in [0, 0.05) is 44.4 Å². The Balaban J connectivity index is 1.40. The minimum Gasteiger partial charge on any atom is -0.496 e. The first-order valence-electron chi connectivity index (χ1n) is 14.4. The average Bonchev–Trinajstić information content (AvgIpc) is 3.60. The lowest BCUT2D eigenvalue weighted by Crippen LogP contribution is -2.02. The van der Waals surface area contributed by atoms with Gasteiger partial charge in [0.2, 0.25) is 0 Å². The van der Waals surface area contributed by atoms with Gasteiger partial charge in [0.1, 0.15) is 11.8 Å². The van der Waals surface area contributed by atoms with Crippen LogP contribution in [0.15, 0.2) is 127 Å². The molecule has 0 radical (unpaired) electrons. The molecule has 0 spiro atoms. The number of benzene rings is 6. The molecule has 206 valence electrons. The van der Waals surface area contributed by atoms with Crippen LogP contribution in [-0.2, 0) is 0 Å². The minimum absolute atomic E-state index is 0.544. The summed E-state index contributed by atoms with van der Waals surface area (Å²) in [6.45, 7) is 0. The van der Waals surface area contributed by atoms with E-state index in [1.165, 1.54) is 10.8 Å². The predicted molar refractivity (Wildman–Crippen MR) is 177 cm³/mol. The zero-order valence-corrected chi connectivity index (χ0v) is 23.8. The Hall–Kier alpha value is -6.30. The van der Waals surface area contributed by atoms with Crippen molar-refractivity contribution in [1.82, 2.24) is 9.13 Å². The Labute approximate surface area is 253 Å². The van der Waals surface area contributed by atoms with Crippen molar-refractivity contribution in [3.8, 4) is 40.4 Å². The molecule has 0 unspecified atom stereocenters. The molecule has 0 N–H and O–H groups in total. The summed E-state index contributed by atoms with van der Waals surface area (Å²) in [4.78, 5) is 0. The van der Waals surface area contributed by atoms with Gasteiger partial charge in [-0.2, -0.15) is 10.5 Å². The van der Waals surface area contributed by atoms with Crippen LogP contribution in [0.1, 0.15) is 11.1 Å². The fraction of sp³-hybridized carbons (Fsp3) is 0.0256. The van der Waals surface area contributed by atoms with Gasteiger partial charge in [-0.05, 0) is 54.6 Å². The van der Waals surface area contributed by atoms with Crippen LogP contribution in [-0.4, -0.2) is 16.2 Å². The molecule has 5 nitrogen and oxygen atoms in total. The van der Waals surface area contributed by atoms with Crippen LogP contribution >= 0.6 is 0 Å². The van der Waals surface area contributed by atoms with Gasteiger partial charge in [-0.3, -0.25) is 0 Å². The smallest absolute Gasteiger partial charge is 0.128 e. The average molecular weight is 565 g/mol. The quantitative estimate of drug-likeness (QED) is 0.214. The number of para-hydroxylation sites is 4. The highest BCUT2D eigenvalue weighted by Crippen LogP contribution is 2.42. The summed E-state index contributed by atoms with van der Waals surface area (Å²) in [5, 5.41) is 24.4. The molecule has 8 rings (SSSR count). The zero-order chi connectivity index (χ0) is 29.8. The third kappa shape index (κ3) is 3.64. The monoisotopic (exact) mass is 564 g/mol. The number of rotatable bonds is 4. The summed E-state index contributed by atoms with van der Waals surface area (Å²) in [5.74, 6) is 0.702. The van der Waals surface area contributed by atoms with Gasteiger partial charge in [0.25, 0.3) is 0 Å². The van der Waals surface area contributed by atoms with Crippen molar-refractivity contribution in [2.24, 2.45) is 0 Å².